The van der Waals surface area contributed by atoms with Crippen LogP contribution in [0.3, 0.4) is 0 Å². The fourth-order valence-electron chi connectivity index (χ4n) is 1.12. The van der Waals surface area contributed by atoms with Gasteiger partial charge in [0.25, 0.3) is 0 Å². The van der Waals surface area contributed by atoms with Crippen LogP contribution in [0, 0.1) is 0 Å². The molecule has 14 heavy (non-hydrogen) atoms. The van der Waals surface area contributed by atoms with Gasteiger partial charge in [-0.1, -0.05) is 26.0 Å². The smallest absolute Gasteiger partial charge is 0.298 e. The molecule has 0 spiro atoms. The molecule has 0 atom stereocenters. The summed E-state index contributed by atoms with van der Waals surface area (Å²) >= 11 is 0. The van der Waals surface area contributed by atoms with Gasteiger partial charge in [-0.2, -0.15) is 13.2 Å². The minimum absolute atomic E-state index is 0.0712. The molecule has 1 N–H and O–H groups in total. The number of hydrogen-bond donors (Lipinski definition) is 1. The van der Waals surface area contributed by atoms with Gasteiger partial charge >= 0.3 is 6.30 Å². The van der Waals surface area contributed by atoms with E-state index in [0.29, 0.717) is 5.92 Å². The molecule has 4 heteroatoms. The summed E-state index contributed by atoms with van der Waals surface area (Å²) in [6.45, 7) is 3.98. The van der Waals surface area contributed by atoms with E-state index in [-0.39, 0.29) is 5.69 Å². The van der Waals surface area contributed by atoms with Crippen LogP contribution in [-0.4, -0.2) is 6.30 Å². The third kappa shape index (κ3) is 3.28. The van der Waals surface area contributed by atoms with Crippen molar-refractivity contribution in [1.82, 2.24) is 0 Å². The van der Waals surface area contributed by atoms with Gasteiger partial charge in [-0.3, -0.25) is 5.32 Å². The highest BCUT2D eigenvalue weighted by molar-refractivity contribution is 5.45. The van der Waals surface area contributed by atoms with E-state index in [0.717, 1.165) is 5.56 Å². The number of alkyl halides is 3. The molecule has 0 fully saturated rings. The molecule has 0 unspecified atom stereocenters. The highest BCUT2D eigenvalue weighted by Crippen LogP contribution is 2.22. The maximum absolute atomic E-state index is 11.9. The lowest BCUT2D eigenvalue weighted by molar-refractivity contribution is -0.0999. The van der Waals surface area contributed by atoms with Crippen LogP contribution in [0.15, 0.2) is 24.3 Å². The van der Waals surface area contributed by atoms with Gasteiger partial charge in [-0.15, -0.1) is 0 Å². The predicted octanol–water partition coefficient (Wildman–Crippen LogP) is 3.74. The van der Waals surface area contributed by atoms with Gasteiger partial charge in [0, 0.05) is 5.69 Å². The van der Waals surface area contributed by atoms with Crippen molar-refractivity contribution in [3.63, 3.8) is 0 Å². The Bertz CT molecular complexity index is 287. The van der Waals surface area contributed by atoms with Crippen molar-refractivity contribution in [2.45, 2.75) is 26.1 Å². The van der Waals surface area contributed by atoms with Gasteiger partial charge in [0.2, 0.25) is 0 Å². The van der Waals surface area contributed by atoms with Crippen LogP contribution < -0.4 is 5.32 Å². The summed E-state index contributed by atoms with van der Waals surface area (Å²) in [6, 6.07) is 6.25. The molecule has 0 saturated heterocycles. The van der Waals surface area contributed by atoms with E-state index < -0.39 is 6.30 Å². The average molecular weight is 203 g/mol. The van der Waals surface area contributed by atoms with E-state index in [1.54, 1.807) is 12.1 Å². The summed E-state index contributed by atoms with van der Waals surface area (Å²) in [4.78, 5) is 0. The van der Waals surface area contributed by atoms with Crippen molar-refractivity contribution in [2.75, 3.05) is 5.32 Å². The van der Waals surface area contributed by atoms with Gasteiger partial charge in [0.1, 0.15) is 0 Å². The zero-order chi connectivity index (χ0) is 10.8. The van der Waals surface area contributed by atoms with Crippen LogP contribution in [0.2, 0.25) is 0 Å². The summed E-state index contributed by atoms with van der Waals surface area (Å²) in [7, 11) is 0. The van der Waals surface area contributed by atoms with Gasteiger partial charge in [0.05, 0.1) is 0 Å². The second-order valence-corrected chi connectivity index (χ2v) is 3.40. The summed E-state index contributed by atoms with van der Waals surface area (Å²) in [5.74, 6) is 0.329. The SMILES string of the molecule is CC(C)c1ccc(NC(F)(F)F)cc1. The Balaban J connectivity index is 2.74. The highest BCUT2D eigenvalue weighted by atomic mass is 19.4. The second kappa shape index (κ2) is 3.90. The predicted molar refractivity (Wildman–Crippen MR) is 50.2 cm³/mol. The molecule has 0 radical (unpaired) electrons. The molecule has 78 valence electrons. The minimum Gasteiger partial charge on any atom is -0.298 e. The Morgan fingerprint density at radius 3 is 1.93 bits per heavy atom. The molecule has 0 aliphatic heterocycles. The maximum Gasteiger partial charge on any atom is 0.482 e. The summed E-state index contributed by atoms with van der Waals surface area (Å²) in [6.07, 6.45) is -4.36. The maximum atomic E-state index is 11.9. The third-order valence-electron chi connectivity index (χ3n) is 1.86. The summed E-state index contributed by atoms with van der Waals surface area (Å²) in [5.41, 5.74) is 1.10. The highest BCUT2D eigenvalue weighted by Gasteiger charge is 2.26. The van der Waals surface area contributed by atoms with Crippen molar-refractivity contribution in [3.05, 3.63) is 29.8 Å². The van der Waals surface area contributed by atoms with Gasteiger partial charge in [-0.05, 0) is 23.6 Å². The second-order valence-electron chi connectivity index (χ2n) is 3.40. The van der Waals surface area contributed by atoms with Gasteiger partial charge in [0.15, 0.2) is 0 Å². The molecule has 0 aliphatic rings. The molecule has 0 amide bonds. The normalized spacial score (nSPS) is 11.9. The van der Waals surface area contributed by atoms with Crippen LogP contribution in [-0.2, 0) is 0 Å². The minimum atomic E-state index is -4.36. The van der Waals surface area contributed by atoms with E-state index in [1.165, 1.54) is 17.4 Å². The first-order chi connectivity index (χ1) is 6.38. The fraction of sp³-hybridized carbons (Fsp3) is 0.400. The Labute approximate surface area is 80.9 Å². The van der Waals surface area contributed by atoms with Crippen LogP contribution in [0.4, 0.5) is 18.9 Å². The molecule has 0 aromatic heterocycles. The summed E-state index contributed by atoms with van der Waals surface area (Å²) in [5, 5.41) is 1.45. The van der Waals surface area contributed by atoms with Crippen LogP contribution in [0.25, 0.3) is 0 Å². The zero-order valence-electron chi connectivity index (χ0n) is 8.02. The Kier molecular flexibility index (Phi) is 3.03. The molecule has 1 aromatic carbocycles. The Morgan fingerprint density at radius 1 is 1.07 bits per heavy atom. The molecule has 0 heterocycles. The van der Waals surface area contributed by atoms with Crippen molar-refractivity contribution in [1.29, 1.82) is 0 Å². The Hall–Kier alpha value is -1.19. The first kappa shape index (κ1) is 10.9. The van der Waals surface area contributed by atoms with E-state index in [2.05, 4.69) is 0 Å². The van der Waals surface area contributed by atoms with Crippen molar-refractivity contribution in [2.24, 2.45) is 0 Å². The summed E-state index contributed by atoms with van der Waals surface area (Å²) < 4.78 is 35.7. The van der Waals surface area contributed by atoms with Gasteiger partial charge < -0.3 is 0 Å². The van der Waals surface area contributed by atoms with E-state index >= 15 is 0 Å². The number of benzene rings is 1. The zero-order valence-corrected chi connectivity index (χ0v) is 8.02. The van der Waals surface area contributed by atoms with Gasteiger partial charge in [-0.25, -0.2) is 0 Å². The molecule has 1 rings (SSSR count). The lowest BCUT2D eigenvalue weighted by Gasteiger charge is -2.11. The monoisotopic (exact) mass is 203 g/mol. The van der Waals surface area contributed by atoms with E-state index in [4.69, 9.17) is 0 Å². The molecule has 1 aromatic rings. The fourth-order valence-corrected chi connectivity index (χ4v) is 1.12. The van der Waals surface area contributed by atoms with E-state index in [1.807, 2.05) is 13.8 Å². The van der Waals surface area contributed by atoms with Crippen molar-refractivity contribution in [3.8, 4) is 0 Å². The van der Waals surface area contributed by atoms with Crippen LogP contribution >= 0.6 is 0 Å². The third-order valence-corrected chi connectivity index (χ3v) is 1.86. The number of rotatable bonds is 2. The van der Waals surface area contributed by atoms with Crippen molar-refractivity contribution >= 4 is 5.69 Å². The van der Waals surface area contributed by atoms with E-state index in [9.17, 15) is 13.2 Å². The lowest BCUT2D eigenvalue weighted by atomic mass is 10.0. The number of halogens is 3. The quantitative estimate of drug-likeness (QED) is 0.722. The first-order valence-corrected chi connectivity index (χ1v) is 4.33. The number of hydrogen-bond acceptors (Lipinski definition) is 1. The molecule has 0 aliphatic carbocycles. The molecule has 1 nitrogen and oxygen atoms in total. The standard InChI is InChI=1S/C10H12F3N/c1-7(2)8-3-5-9(6-4-8)14-10(11,12)13/h3-7,14H,1-2H3. The molecular weight excluding hydrogens is 191 g/mol. The van der Waals surface area contributed by atoms with Crippen LogP contribution in [0.1, 0.15) is 25.3 Å². The number of anilines is 1. The molecule has 0 saturated carbocycles. The lowest BCUT2D eigenvalue weighted by Crippen LogP contribution is -2.20. The molecular formula is C10H12F3N. The largest absolute Gasteiger partial charge is 0.482 e. The first-order valence-electron chi connectivity index (χ1n) is 4.33. The van der Waals surface area contributed by atoms with Crippen molar-refractivity contribution < 1.29 is 13.2 Å². The Morgan fingerprint density at radius 2 is 1.57 bits per heavy atom. The van der Waals surface area contributed by atoms with Crippen LogP contribution in [0.5, 0.6) is 0 Å². The molecule has 0 bridgehead atoms. The average Bonchev–Trinajstić information content (AvgIpc) is 2.02. The number of nitrogens with one attached hydrogen (secondary N) is 1. The topological polar surface area (TPSA) is 12.0 Å².